The van der Waals surface area contributed by atoms with Crippen LogP contribution in [0.1, 0.15) is 52.5 Å². The van der Waals surface area contributed by atoms with E-state index in [4.69, 9.17) is 5.73 Å². The van der Waals surface area contributed by atoms with Gasteiger partial charge in [0, 0.05) is 28.9 Å². The third kappa shape index (κ3) is 6.61. The molecular weight excluding hydrogens is 617 g/mol. The van der Waals surface area contributed by atoms with Crippen molar-refractivity contribution in [3.63, 3.8) is 0 Å². The molecule has 0 saturated heterocycles. The lowest BCUT2D eigenvalue weighted by Crippen LogP contribution is -2.22. The second-order valence-electron chi connectivity index (χ2n) is 13.5. The van der Waals surface area contributed by atoms with Gasteiger partial charge in [-0.05, 0) is 88.1 Å². The maximum absolute atomic E-state index is 6.98. The minimum Gasteiger partial charge on any atom is -0.398 e. The Balaban J connectivity index is 1.09. The zero-order valence-electron chi connectivity index (χ0n) is 28.8. The Kier molecular flexibility index (Phi) is 9.06. The van der Waals surface area contributed by atoms with Crippen LogP contribution in [0.15, 0.2) is 206 Å². The molecular formula is C49H42N2. The van der Waals surface area contributed by atoms with Crippen LogP contribution in [0, 0.1) is 0 Å². The molecule has 0 amide bonds. The van der Waals surface area contributed by atoms with Crippen molar-refractivity contribution in [2.75, 3.05) is 4.90 Å². The van der Waals surface area contributed by atoms with Crippen molar-refractivity contribution < 1.29 is 0 Å². The van der Waals surface area contributed by atoms with Crippen molar-refractivity contribution in [3.8, 4) is 11.1 Å². The Morgan fingerprint density at radius 3 is 2.22 bits per heavy atom. The van der Waals surface area contributed by atoms with Gasteiger partial charge in [0.1, 0.15) is 0 Å². The van der Waals surface area contributed by atoms with Crippen molar-refractivity contribution >= 4 is 17.1 Å². The summed E-state index contributed by atoms with van der Waals surface area (Å²) in [6.45, 7) is 4.52. The SMILES string of the molecule is C=C1C=CC(c2ccccc2)c2ccccc2N1c1ccc2c(c1)CC2/C1=C\C=C/C\C=C/C=C\C(=C(\N)c2ccc(-c3ccccc3)cc2)C1. The van der Waals surface area contributed by atoms with E-state index in [-0.39, 0.29) is 5.92 Å². The third-order valence-electron chi connectivity index (χ3n) is 10.4. The van der Waals surface area contributed by atoms with Crippen molar-refractivity contribution in [1.29, 1.82) is 0 Å². The summed E-state index contributed by atoms with van der Waals surface area (Å²) in [5, 5.41) is 0. The van der Waals surface area contributed by atoms with Gasteiger partial charge in [-0.15, -0.1) is 0 Å². The molecule has 1 aliphatic heterocycles. The number of benzene rings is 5. The summed E-state index contributed by atoms with van der Waals surface area (Å²) in [5.74, 6) is 0.503. The quantitative estimate of drug-likeness (QED) is 0.204. The van der Waals surface area contributed by atoms with E-state index in [0.717, 1.165) is 47.5 Å². The standard InChI is InChI=1S/C49H42N2/c1-35-24-30-44(38-18-12-7-13-19-38)46-22-14-15-23-48(46)51(35)43-29-31-45-42(33-43)34-47(45)40-20-8-4-2-3-5-9-21-41(32-40)49(50)39-27-25-37(26-28-39)36-16-10-6-11-17-36/h3-31,33,44,47H,1-2,32,34,50H2/b5-3-,8-4-,21-9-,40-20-,49-41-. The van der Waals surface area contributed by atoms with Crippen LogP contribution in [-0.4, -0.2) is 0 Å². The first kappa shape index (κ1) is 32.1. The molecule has 8 rings (SSSR count). The van der Waals surface area contributed by atoms with E-state index in [9.17, 15) is 0 Å². The van der Waals surface area contributed by atoms with E-state index in [2.05, 4.69) is 187 Å². The summed E-state index contributed by atoms with van der Waals surface area (Å²) < 4.78 is 0. The van der Waals surface area contributed by atoms with E-state index in [1.807, 2.05) is 6.07 Å². The fourth-order valence-electron chi connectivity index (χ4n) is 7.63. The molecule has 5 aromatic rings. The molecule has 2 heteroatoms. The van der Waals surface area contributed by atoms with Gasteiger partial charge >= 0.3 is 0 Å². The van der Waals surface area contributed by atoms with Crippen LogP contribution in [0.5, 0.6) is 0 Å². The Morgan fingerprint density at radius 2 is 1.41 bits per heavy atom. The summed E-state index contributed by atoms with van der Waals surface area (Å²) in [5.41, 5.74) is 22.4. The van der Waals surface area contributed by atoms with Gasteiger partial charge in [-0.25, -0.2) is 0 Å². The Bertz CT molecular complexity index is 2240. The number of nitrogens with zero attached hydrogens (tertiary/aromatic N) is 1. The molecule has 0 saturated carbocycles. The first-order valence-corrected chi connectivity index (χ1v) is 17.9. The normalized spacial score (nSPS) is 22.2. The highest BCUT2D eigenvalue weighted by atomic mass is 15.1. The van der Waals surface area contributed by atoms with Crippen LogP contribution in [0.2, 0.25) is 0 Å². The average Bonchev–Trinajstić information content (AvgIpc) is 3.35. The minimum atomic E-state index is 0.165. The van der Waals surface area contributed by atoms with Crippen molar-refractivity contribution in [2.24, 2.45) is 5.73 Å². The van der Waals surface area contributed by atoms with Crippen LogP contribution in [0.4, 0.5) is 11.4 Å². The maximum atomic E-state index is 6.98. The van der Waals surface area contributed by atoms with Gasteiger partial charge in [0.15, 0.2) is 0 Å². The number of hydrogen-bond acceptors (Lipinski definition) is 2. The molecule has 1 heterocycles. The minimum absolute atomic E-state index is 0.165. The number of fused-ring (bicyclic) bond motifs is 2. The predicted molar refractivity (Wildman–Crippen MR) is 216 cm³/mol. The topological polar surface area (TPSA) is 29.3 Å². The smallest absolute Gasteiger partial charge is 0.0502 e. The Hall–Kier alpha value is -6.12. The van der Waals surface area contributed by atoms with Gasteiger partial charge < -0.3 is 10.6 Å². The van der Waals surface area contributed by atoms with E-state index in [0.29, 0.717) is 5.92 Å². The van der Waals surface area contributed by atoms with Crippen LogP contribution < -0.4 is 10.6 Å². The summed E-state index contributed by atoms with van der Waals surface area (Å²) >= 11 is 0. The van der Waals surface area contributed by atoms with Crippen LogP contribution in [-0.2, 0) is 6.42 Å². The highest BCUT2D eigenvalue weighted by Gasteiger charge is 2.31. The van der Waals surface area contributed by atoms with Crippen LogP contribution >= 0.6 is 0 Å². The lowest BCUT2D eigenvalue weighted by molar-refractivity contribution is 0.677. The highest BCUT2D eigenvalue weighted by Crippen LogP contribution is 2.47. The first-order valence-electron chi connectivity index (χ1n) is 17.9. The molecule has 0 bridgehead atoms. The molecule has 0 fully saturated rings. The fourth-order valence-corrected chi connectivity index (χ4v) is 7.63. The summed E-state index contributed by atoms with van der Waals surface area (Å²) in [6.07, 6.45) is 22.5. The average molecular weight is 659 g/mol. The van der Waals surface area contributed by atoms with E-state index in [1.165, 1.54) is 44.6 Å². The first-order chi connectivity index (χ1) is 25.1. The molecule has 5 aromatic carbocycles. The van der Waals surface area contributed by atoms with Gasteiger partial charge in [-0.2, -0.15) is 0 Å². The zero-order valence-corrected chi connectivity index (χ0v) is 28.8. The number of hydrogen-bond donors (Lipinski definition) is 1. The molecule has 248 valence electrons. The molecule has 0 spiro atoms. The van der Waals surface area contributed by atoms with E-state index < -0.39 is 0 Å². The number of rotatable bonds is 5. The van der Waals surface area contributed by atoms with Gasteiger partial charge in [-0.3, -0.25) is 0 Å². The summed E-state index contributed by atoms with van der Waals surface area (Å²) in [7, 11) is 0. The summed E-state index contributed by atoms with van der Waals surface area (Å²) in [4.78, 5) is 2.32. The number of anilines is 2. The van der Waals surface area contributed by atoms with Gasteiger partial charge in [-0.1, -0.05) is 170 Å². The largest absolute Gasteiger partial charge is 0.398 e. The molecule has 2 nitrogen and oxygen atoms in total. The molecule has 0 aromatic heterocycles. The predicted octanol–water partition coefficient (Wildman–Crippen LogP) is 12.1. The van der Waals surface area contributed by atoms with E-state index in [1.54, 1.807) is 0 Å². The molecule has 2 atom stereocenters. The highest BCUT2D eigenvalue weighted by molar-refractivity contribution is 5.77. The van der Waals surface area contributed by atoms with Crippen LogP contribution in [0.3, 0.4) is 0 Å². The third-order valence-corrected chi connectivity index (χ3v) is 10.4. The van der Waals surface area contributed by atoms with Gasteiger partial charge in [0.05, 0.1) is 5.69 Å². The lowest BCUT2D eigenvalue weighted by Gasteiger charge is -2.35. The number of para-hydroxylation sites is 1. The van der Waals surface area contributed by atoms with Crippen molar-refractivity contribution in [1.82, 2.24) is 0 Å². The molecule has 0 radical (unpaired) electrons. The summed E-state index contributed by atoms with van der Waals surface area (Å²) in [6, 6.07) is 45.6. The second kappa shape index (κ2) is 14.4. The monoisotopic (exact) mass is 658 g/mol. The Labute approximate surface area is 302 Å². The second-order valence-corrected chi connectivity index (χ2v) is 13.5. The Morgan fingerprint density at radius 1 is 0.686 bits per heavy atom. The van der Waals surface area contributed by atoms with Gasteiger partial charge in [0.2, 0.25) is 0 Å². The van der Waals surface area contributed by atoms with Crippen molar-refractivity contribution in [2.45, 2.75) is 31.1 Å². The molecule has 51 heavy (non-hydrogen) atoms. The van der Waals surface area contributed by atoms with E-state index >= 15 is 0 Å². The van der Waals surface area contributed by atoms with Crippen molar-refractivity contribution in [3.05, 3.63) is 233 Å². The zero-order chi connectivity index (χ0) is 34.6. The number of allylic oxidation sites excluding steroid dienone is 11. The number of nitrogens with two attached hydrogens (primary N) is 1. The van der Waals surface area contributed by atoms with Crippen LogP contribution in [0.25, 0.3) is 16.8 Å². The molecule has 2 aliphatic carbocycles. The fraction of sp³-hybridized carbons (Fsp3) is 0.102. The molecule has 2 unspecified atom stereocenters. The van der Waals surface area contributed by atoms with Gasteiger partial charge in [0.25, 0.3) is 0 Å². The lowest BCUT2D eigenvalue weighted by atomic mass is 9.71. The molecule has 2 N–H and O–H groups in total. The molecule has 3 aliphatic rings. The maximum Gasteiger partial charge on any atom is 0.0502 e.